The molecule has 1 aliphatic heterocycles. The number of nitrogen functional groups attached to an aromatic ring is 1. The zero-order chi connectivity index (χ0) is 22.2. The number of amidine groups is 1. The molecule has 2 aromatic carbocycles. The highest BCUT2D eigenvalue weighted by atomic mass is 19.4. The molecule has 0 saturated carbocycles. The van der Waals surface area contributed by atoms with E-state index in [1.807, 2.05) is 0 Å². The molecule has 4 N–H and O–H groups in total. The van der Waals surface area contributed by atoms with Crippen molar-refractivity contribution >= 4 is 17.3 Å². The monoisotopic (exact) mass is 431 g/mol. The van der Waals surface area contributed by atoms with Crippen LogP contribution in [0, 0.1) is 5.82 Å². The van der Waals surface area contributed by atoms with Gasteiger partial charge in [-0.25, -0.2) is 19.4 Å². The van der Waals surface area contributed by atoms with Gasteiger partial charge >= 0.3 is 6.18 Å². The lowest BCUT2D eigenvalue weighted by Crippen LogP contribution is -2.17. The Morgan fingerprint density at radius 1 is 1.10 bits per heavy atom. The summed E-state index contributed by atoms with van der Waals surface area (Å²) >= 11 is 0. The zero-order valence-corrected chi connectivity index (χ0v) is 16.1. The van der Waals surface area contributed by atoms with Gasteiger partial charge in [-0.2, -0.15) is 13.2 Å². The second-order valence-corrected chi connectivity index (χ2v) is 6.87. The normalized spacial score (nSPS) is 14.1. The lowest BCUT2D eigenvalue weighted by molar-refractivity contribution is -0.137. The predicted molar refractivity (Wildman–Crippen MR) is 107 cm³/mol. The highest BCUT2D eigenvalue weighted by Crippen LogP contribution is 2.39. The highest BCUT2D eigenvalue weighted by molar-refractivity contribution is 6.03. The van der Waals surface area contributed by atoms with Crippen molar-refractivity contribution in [2.75, 3.05) is 12.3 Å². The number of hydrogen-bond acceptors (Lipinski definition) is 5. The van der Waals surface area contributed by atoms with Crippen molar-refractivity contribution in [3.63, 3.8) is 0 Å². The largest absolute Gasteiger partial charge is 0.488 e. The molecule has 1 aliphatic rings. The number of anilines is 1. The fourth-order valence-electron chi connectivity index (χ4n) is 3.26. The standard InChI is InChI=1S/C21H17F4N5O/c22-11-7-8-15(26)13(10-11)18(27)29-20-17-16(6-3-9-31-17)28-19(30-20)12-4-1-2-5-14(12)21(23,24)25/h1-2,4-5,7-8,10H,3,6,9,26H2,(H2,27,28,29,30). The third-order valence-corrected chi connectivity index (χ3v) is 4.71. The molecule has 0 radical (unpaired) electrons. The number of fused-ring (bicyclic) bond motifs is 1. The van der Waals surface area contributed by atoms with Crippen LogP contribution in [0.15, 0.2) is 47.5 Å². The predicted octanol–water partition coefficient (Wildman–Crippen LogP) is 4.25. The van der Waals surface area contributed by atoms with Gasteiger partial charge in [0.1, 0.15) is 11.7 Å². The first-order chi connectivity index (χ1) is 14.7. The number of alkyl halides is 3. The molecule has 10 heteroatoms. The maximum Gasteiger partial charge on any atom is 0.417 e. The van der Waals surface area contributed by atoms with E-state index in [0.29, 0.717) is 25.1 Å². The van der Waals surface area contributed by atoms with Crippen LogP contribution in [0.5, 0.6) is 5.75 Å². The summed E-state index contributed by atoms with van der Waals surface area (Å²) in [6.45, 7) is 0.374. The number of benzene rings is 2. The molecule has 31 heavy (non-hydrogen) atoms. The van der Waals surface area contributed by atoms with Gasteiger partial charge in [0.15, 0.2) is 11.6 Å². The molecule has 0 amide bonds. The minimum atomic E-state index is -4.59. The van der Waals surface area contributed by atoms with Gasteiger partial charge in [0, 0.05) is 16.8 Å². The van der Waals surface area contributed by atoms with Gasteiger partial charge in [0.2, 0.25) is 5.82 Å². The number of aryl methyl sites for hydroxylation is 1. The molecule has 0 spiro atoms. The molecule has 0 unspecified atom stereocenters. The Morgan fingerprint density at radius 3 is 2.65 bits per heavy atom. The van der Waals surface area contributed by atoms with E-state index in [1.54, 1.807) is 0 Å². The van der Waals surface area contributed by atoms with Gasteiger partial charge in [-0.3, -0.25) is 0 Å². The van der Waals surface area contributed by atoms with Gasteiger partial charge in [0.05, 0.1) is 17.9 Å². The van der Waals surface area contributed by atoms with E-state index in [4.69, 9.17) is 16.2 Å². The maximum absolute atomic E-state index is 13.6. The van der Waals surface area contributed by atoms with Crippen LogP contribution in [0.4, 0.5) is 29.1 Å². The summed E-state index contributed by atoms with van der Waals surface area (Å²) < 4.78 is 59.8. The molecular formula is C21H17F4N5O. The Bertz CT molecular complexity index is 1180. The Kier molecular flexibility index (Phi) is 5.22. The molecule has 0 atom stereocenters. The van der Waals surface area contributed by atoms with Crippen molar-refractivity contribution in [2.24, 2.45) is 10.7 Å². The first-order valence-corrected chi connectivity index (χ1v) is 9.34. The number of hydrogen-bond donors (Lipinski definition) is 2. The van der Waals surface area contributed by atoms with Gasteiger partial charge < -0.3 is 16.2 Å². The van der Waals surface area contributed by atoms with E-state index in [9.17, 15) is 17.6 Å². The number of nitrogens with two attached hydrogens (primary N) is 2. The summed E-state index contributed by atoms with van der Waals surface area (Å²) in [5.41, 5.74) is 11.6. The Morgan fingerprint density at radius 2 is 1.87 bits per heavy atom. The third-order valence-electron chi connectivity index (χ3n) is 4.71. The lowest BCUT2D eigenvalue weighted by Gasteiger charge is -2.19. The second kappa shape index (κ2) is 7.86. The van der Waals surface area contributed by atoms with Crippen LogP contribution >= 0.6 is 0 Å². The number of aromatic nitrogens is 2. The van der Waals surface area contributed by atoms with Gasteiger partial charge in [-0.1, -0.05) is 18.2 Å². The van der Waals surface area contributed by atoms with Gasteiger partial charge in [-0.05, 0) is 37.1 Å². The number of aliphatic imine (C=N–C) groups is 1. The van der Waals surface area contributed by atoms with Crippen LogP contribution in [0.25, 0.3) is 11.4 Å². The summed E-state index contributed by atoms with van der Waals surface area (Å²) in [5.74, 6) is -0.684. The summed E-state index contributed by atoms with van der Waals surface area (Å²) in [4.78, 5) is 12.7. The number of rotatable bonds is 3. The van der Waals surface area contributed by atoms with Crippen molar-refractivity contribution in [3.8, 4) is 17.1 Å². The Labute approximate surface area is 174 Å². The third kappa shape index (κ3) is 4.14. The minimum absolute atomic E-state index is 0.0437. The van der Waals surface area contributed by atoms with E-state index in [0.717, 1.165) is 12.1 Å². The molecule has 6 nitrogen and oxygen atoms in total. The molecule has 0 bridgehead atoms. The van der Waals surface area contributed by atoms with E-state index >= 15 is 0 Å². The van der Waals surface area contributed by atoms with E-state index in [-0.39, 0.29) is 40.0 Å². The fourth-order valence-corrected chi connectivity index (χ4v) is 3.26. The van der Waals surface area contributed by atoms with Crippen molar-refractivity contribution in [2.45, 2.75) is 19.0 Å². The average molecular weight is 431 g/mol. The number of halogens is 4. The van der Waals surface area contributed by atoms with Crippen molar-refractivity contribution in [1.29, 1.82) is 0 Å². The summed E-state index contributed by atoms with van der Waals surface area (Å²) in [5, 5.41) is 0. The first kappa shape index (κ1) is 20.6. The van der Waals surface area contributed by atoms with Crippen LogP contribution in [0.2, 0.25) is 0 Å². The molecule has 3 aromatic rings. The minimum Gasteiger partial charge on any atom is -0.488 e. The van der Waals surface area contributed by atoms with Crippen molar-refractivity contribution < 1.29 is 22.3 Å². The summed E-state index contributed by atoms with van der Waals surface area (Å²) in [7, 11) is 0. The van der Waals surface area contributed by atoms with Crippen LogP contribution in [0.3, 0.4) is 0 Å². The van der Waals surface area contributed by atoms with Crippen LogP contribution in [-0.2, 0) is 12.6 Å². The van der Waals surface area contributed by atoms with E-state index in [2.05, 4.69) is 15.0 Å². The molecule has 2 heterocycles. The van der Waals surface area contributed by atoms with Crippen molar-refractivity contribution in [1.82, 2.24) is 9.97 Å². The van der Waals surface area contributed by atoms with E-state index < -0.39 is 17.6 Å². The summed E-state index contributed by atoms with van der Waals surface area (Å²) in [6.07, 6.45) is -3.48. The Balaban J connectivity index is 1.89. The molecule has 0 saturated heterocycles. The molecular weight excluding hydrogens is 414 g/mol. The smallest absolute Gasteiger partial charge is 0.417 e. The first-order valence-electron chi connectivity index (χ1n) is 9.34. The second-order valence-electron chi connectivity index (χ2n) is 6.87. The van der Waals surface area contributed by atoms with Crippen LogP contribution in [0.1, 0.15) is 23.2 Å². The van der Waals surface area contributed by atoms with Crippen LogP contribution in [-0.4, -0.2) is 22.4 Å². The van der Waals surface area contributed by atoms with Gasteiger partial charge in [-0.15, -0.1) is 0 Å². The topological polar surface area (TPSA) is 99.4 Å². The highest BCUT2D eigenvalue weighted by Gasteiger charge is 2.34. The van der Waals surface area contributed by atoms with Gasteiger partial charge in [0.25, 0.3) is 0 Å². The molecule has 0 aliphatic carbocycles. The molecule has 0 fully saturated rings. The van der Waals surface area contributed by atoms with Crippen LogP contribution < -0.4 is 16.2 Å². The average Bonchev–Trinajstić information content (AvgIpc) is 2.74. The zero-order valence-electron chi connectivity index (χ0n) is 16.1. The summed E-state index contributed by atoms with van der Waals surface area (Å²) in [6, 6.07) is 8.63. The van der Waals surface area contributed by atoms with Crippen molar-refractivity contribution in [3.05, 3.63) is 65.1 Å². The molecule has 160 valence electrons. The SMILES string of the molecule is NC(=Nc1nc(-c2ccccc2C(F)(F)F)nc2c1OCCC2)c1cc(F)ccc1N. The Hall–Kier alpha value is -3.69. The maximum atomic E-state index is 13.6. The quantitative estimate of drug-likeness (QED) is 0.280. The molecule has 1 aromatic heterocycles. The molecule has 4 rings (SSSR count). The number of ether oxygens (including phenoxy) is 1. The number of nitrogens with zero attached hydrogens (tertiary/aromatic N) is 3. The van der Waals surface area contributed by atoms with E-state index in [1.165, 1.54) is 30.3 Å². The fraction of sp³-hybridized carbons (Fsp3) is 0.190. The lowest BCUT2D eigenvalue weighted by atomic mass is 10.1.